The third kappa shape index (κ3) is 3.87. The highest BCUT2D eigenvalue weighted by Gasteiger charge is 2.48. The van der Waals surface area contributed by atoms with Crippen molar-refractivity contribution in [2.45, 2.75) is 25.1 Å². The van der Waals surface area contributed by atoms with E-state index in [0.29, 0.717) is 35.3 Å². The fourth-order valence-corrected chi connectivity index (χ4v) is 6.86. The Morgan fingerprint density at radius 2 is 1.72 bits per heavy atom. The van der Waals surface area contributed by atoms with E-state index in [2.05, 4.69) is 0 Å². The van der Waals surface area contributed by atoms with Crippen molar-refractivity contribution in [3.05, 3.63) is 112 Å². The van der Waals surface area contributed by atoms with Crippen molar-refractivity contribution in [1.82, 2.24) is 4.90 Å². The number of nitrogens with zero attached hydrogens (tertiary/aromatic N) is 1. The number of amides is 1. The number of carbonyl (C=O) groups is 1. The molecule has 3 heterocycles. The maximum Gasteiger partial charge on any atom is 0.291 e. The van der Waals surface area contributed by atoms with Crippen molar-refractivity contribution in [3.63, 3.8) is 0 Å². The van der Waals surface area contributed by atoms with E-state index in [4.69, 9.17) is 9.15 Å². The van der Waals surface area contributed by atoms with Crippen LogP contribution in [0, 0.1) is 0 Å². The lowest BCUT2D eigenvalue weighted by Gasteiger charge is -2.30. The summed E-state index contributed by atoms with van der Waals surface area (Å²) < 4.78 is 36.6. The minimum absolute atomic E-state index is 0.00802. The molecule has 36 heavy (non-hydrogen) atoms. The third-order valence-electron chi connectivity index (χ3n) is 6.84. The van der Waals surface area contributed by atoms with E-state index in [0.717, 1.165) is 5.56 Å². The van der Waals surface area contributed by atoms with Gasteiger partial charge in [-0.2, -0.15) is 0 Å². The average Bonchev–Trinajstić information content (AvgIpc) is 3.40. The molecule has 0 saturated carbocycles. The Morgan fingerprint density at radius 3 is 2.50 bits per heavy atom. The van der Waals surface area contributed by atoms with Gasteiger partial charge in [0.2, 0.25) is 5.76 Å². The number of sulfone groups is 1. The molecule has 6 rings (SSSR count). The van der Waals surface area contributed by atoms with E-state index in [9.17, 15) is 18.0 Å². The van der Waals surface area contributed by atoms with Gasteiger partial charge in [0.1, 0.15) is 17.9 Å². The van der Waals surface area contributed by atoms with Crippen LogP contribution in [0.1, 0.15) is 39.7 Å². The van der Waals surface area contributed by atoms with Crippen LogP contribution in [0.3, 0.4) is 0 Å². The van der Waals surface area contributed by atoms with Gasteiger partial charge in [-0.25, -0.2) is 8.42 Å². The molecule has 1 amide bonds. The Bertz CT molecular complexity index is 1640. The lowest BCUT2D eigenvalue weighted by atomic mass is 9.97. The Kier molecular flexibility index (Phi) is 5.41. The molecule has 3 aromatic carbocycles. The summed E-state index contributed by atoms with van der Waals surface area (Å²) in [5, 5.41) is 0.381. The molecule has 7 nitrogen and oxygen atoms in total. The minimum atomic E-state index is -3.27. The zero-order chi connectivity index (χ0) is 24.9. The Balaban J connectivity index is 1.46. The summed E-state index contributed by atoms with van der Waals surface area (Å²) >= 11 is 0. The highest BCUT2D eigenvalue weighted by atomic mass is 32.2. The van der Waals surface area contributed by atoms with Crippen LogP contribution in [-0.2, 0) is 16.4 Å². The smallest absolute Gasteiger partial charge is 0.291 e. The van der Waals surface area contributed by atoms with Gasteiger partial charge in [-0.05, 0) is 41.8 Å². The normalized spacial score (nSPS) is 20.6. The summed E-state index contributed by atoms with van der Waals surface area (Å²) in [6.45, 7) is 0.363. The average molecular weight is 502 g/mol. The second-order valence-electron chi connectivity index (χ2n) is 9.19. The molecule has 8 heteroatoms. The molecule has 0 aliphatic carbocycles. The van der Waals surface area contributed by atoms with E-state index in [1.807, 2.05) is 48.5 Å². The largest absolute Gasteiger partial charge is 0.489 e. The first-order chi connectivity index (χ1) is 17.4. The van der Waals surface area contributed by atoms with Crippen molar-refractivity contribution >= 4 is 26.7 Å². The van der Waals surface area contributed by atoms with Crippen LogP contribution in [0.5, 0.6) is 5.75 Å². The lowest BCUT2D eigenvalue weighted by Crippen LogP contribution is -2.40. The van der Waals surface area contributed by atoms with Gasteiger partial charge in [-0.15, -0.1) is 0 Å². The lowest BCUT2D eigenvalue weighted by molar-refractivity contribution is 0.0662. The quantitative estimate of drug-likeness (QED) is 0.409. The van der Waals surface area contributed by atoms with E-state index in [-0.39, 0.29) is 28.3 Å². The Hall–Kier alpha value is -3.91. The van der Waals surface area contributed by atoms with Gasteiger partial charge in [0, 0.05) is 6.04 Å². The highest BCUT2D eigenvalue weighted by molar-refractivity contribution is 7.91. The molecule has 182 valence electrons. The molecule has 0 radical (unpaired) electrons. The zero-order valence-electron chi connectivity index (χ0n) is 19.3. The second-order valence-corrected chi connectivity index (χ2v) is 11.4. The van der Waals surface area contributed by atoms with E-state index in [1.54, 1.807) is 30.3 Å². The number of hydrogen-bond acceptors (Lipinski definition) is 6. The third-order valence-corrected chi connectivity index (χ3v) is 8.59. The van der Waals surface area contributed by atoms with Crippen LogP contribution in [0.15, 0.2) is 88.1 Å². The first-order valence-corrected chi connectivity index (χ1v) is 13.6. The molecule has 1 aromatic heterocycles. The topological polar surface area (TPSA) is 93.9 Å². The number of para-hydroxylation sites is 1. The molecule has 2 aliphatic heterocycles. The molecule has 4 aromatic rings. The maximum absolute atomic E-state index is 13.6. The summed E-state index contributed by atoms with van der Waals surface area (Å²) in [5.74, 6) is -0.0320. The van der Waals surface area contributed by atoms with Gasteiger partial charge < -0.3 is 14.1 Å². The first-order valence-electron chi connectivity index (χ1n) is 11.8. The molecule has 0 N–H and O–H groups in total. The summed E-state index contributed by atoms with van der Waals surface area (Å²) in [7, 11) is -3.27. The highest BCUT2D eigenvalue weighted by Crippen LogP contribution is 2.42. The Labute approximate surface area is 207 Å². The summed E-state index contributed by atoms with van der Waals surface area (Å²) in [6.07, 6.45) is 0.316. The molecule has 2 aliphatic rings. The van der Waals surface area contributed by atoms with Crippen molar-refractivity contribution < 1.29 is 22.4 Å². The summed E-state index contributed by atoms with van der Waals surface area (Å²) in [6, 6.07) is 22.5. The Morgan fingerprint density at radius 1 is 0.944 bits per heavy atom. The number of fused-ring (bicyclic) bond motifs is 2. The van der Waals surface area contributed by atoms with Crippen LogP contribution >= 0.6 is 0 Å². The predicted octanol–water partition coefficient (Wildman–Crippen LogP) is 4.10. The molecule has 0 spiro atoms. The number of carbonyl (C=O) groups excluding carboxylic acids is 1. The van der Waals surface area contributed by atoms with Crippen LogP contribution in [0.4, 0.5) is 0 Å². The van der Waals surface area contributed by atoms with Crippen LogP contribution in [0.25, 0.3) is 11.0 Å². The van der Waals surface area contributed by atoms with Crippen molar-refractivity contribution in [3.8, 4) is 5.75 Å². The molecule has 2 atom stereocenters. The summed E-state index contributed by atoms with van der Waals surface area (Å²) in [5.41, 5.74) is 1.95. The fraction of sp³-hybridized carbons (Fsp3) is 0.214. The number of hydrogen-bond donors (Lipinski definition) is 0. The molecule has 0 unspecified atom stereocenters. The minimum Gasteiger partial charge on any atom is -0.489 e. The van der Waals surface area contributed by atoms with Gasteiger partial charge in [0.25, 0.3) is 5.91 Å². The van der Waals surface area contributed by atoms with Gasteiger partial charge >= 0.3 is 0 Å². The van der Waals surface area contributed by atoms with E-state index >= 15 is 0 Å². The van der Waals surface area contributed by atoms with Gasteiger partial charge in [-0.3, -0.25) is 9.59 Å². The zero-order valence-corrected chi connectivity index (χ0v) is 20.1. The number of rotatable bonds is 5. The van der Waals surface area contributed by atoms with Crippen molar-refractivity contribution in [1.29, 1.82) is 0 Å². The second kappa shape index (κ2) is 8.64. The van der Waals surface area contributed by atoms with Gasteiger partial charge in [-0.1, -0.05) is 54.6 Å². The monoisotopic (exact) mass is 501 g/mol. The summed E-state index contributed by atoms with van der Waals surface area (Å²) in [4.78, 5) is 28.8. The fourth-order valence-electron chi connectivity index (χ4n) is 5.15. The molecule has 0 bridgehead atoms. The van der Waals surface area contributed by atoms with E-state index < -0.39 is 27.8 Å². The molecule has 1 saturated heterocycles. The van der Waals surface area contributed by atoms with Crippen LogP contribution in [-0.4, -0.2) is 36.8 Å². The van der Waals surface area contributed by atoms with Crippen LogP contribution in [0.2, 0.25) is 0 Å². The van der Waals surface area contributed by atoms with Gasteiger partial charge in [0.05, 0.1) is 28.5 Å². The van der Waals surface area contributed by atoms with Crippen LogP contribution < -0.4 is 10.2 Å². The maximum atomic E-state index is 13.6. The predicted molar refractivity (Wildman–Crippen MR) is 135 cm³/mol. The number of benzene rings is 3. The molecular formula is C28H23NO6S. The van der Waals surface area contributed by atoms with Gasteiger partial charge in [0.15, 0.2) is 15.3 Å². The standard InChI is InChI=1S/C28H23NO6S/c30-26-22-11-4-5-12-23(22)35-27-24(26)25(29(28(27)31)20-13-14-36(32,33)17-20)19-9-6-10-21(15-19)34-16-18-7-2-1-3-8-18/h1-12,15,20,25H,13-14,16-17H2/t20-,25-/m0/s1. The first kappa shape index (κ1) is 22.5. The van der Waals surface area contributed by atoms with Crippen molar-refractivity contribution in [2.24, 2.45) is 0 Å². The number of ether oxygens (including phenoxy) is 1. The van der Waals surface area contributed by atoms with E-state index in [1.165, 1.54) is 4.90 Å². The SMILES string of the molecule is O=C1c2oc3ccccc3c(=O)c2[C@H](c2cccc(OCc3ccccc3)c2)N1[C@H]1CCS(=O)(=O)C1. The molecule has 1 fully saturated rings. The molecular weight excluding hydrogens is 478 g/mol. The van der Waals surface area contributed by atoms with Crippen molar-refractivity contribution in [2.75, 3.05) is 11.5 Å².